The van der Waals surface area contributed by atoms with Crippen molar-refractivity contribution in [3.8, 4) is 0 Å². The third kappa shape index (κ3) is 3.28. The van der Waals surface area contributed by atoms with Crippen molar-refractivity contribution in [2.75, 3.05) is 6.54 Å². The van der Waals surface area contributed by atoms with Crippen LogP contribution in [0.2, 0.25) is 0 Å². The highest BCUT2D eigenvalue weighted by Gasteiger charge is 2.35. The van der Waals surface area contributed by atoms with Gasteiger partial charge in [-0.3, -0.25) is 0 Å². The fourth-order valence-electron chi connectivity index (χ4n) is 3.89. The average Bonchev–Trinajstić information content (AvgIpc) is 2.92. The van der Waals surface area contributed by atoms with E-state index in [1.165, 1.54) is 19.3 Å². The Kier molecular flexibility index (Phi) is 4.34. The lowest BCUT2D eigenvalue weighted by Gasteiger charge is -2.40. The summed E-state index contributed by atoms with van der Waals surface area (Å²) in [5, 5.41) is 12.0. The zero-order valence-electron chi connectivity index (χ0n) is 15.7. The van der Waals surface area contributed by atoms with Gasteiger partial charge in [0.15, 0.2) is 5.82 Å². The normalized spacial score (nSPS) is 23.7. The number of rotatable bonds is 1. The van der Waals surface area contributed by atoms with Gasteiger partial charge in [0.2, 0.25) is 0 Å². The zero-order chi connectivity index (χ0) is 17.5. The van der Waals surface area contributed by atoms with E-state index in [1.54, 1.807) is 0 Å². The lowest BCUT2D eigenvalue weighted by atomic mass is 9.73. The number of carbonyl (C=O) groups is 1. The predicted octanol–water partition coefficient (Wildman–Crippen LogP) is 3.07. The number of hydrogen-bond donors (Lipinski definition) is 1. The average molecular weight is 333 g/mol. The van der Waals surface area contributed by atoms with Gasteiger partial charge >= 0.3 is 6.03 Å². The summed E-state index contributed by atoms with van der Waals surface area (Å²) in [5.74, 6) is 1.90. The number of urea groups is 1. The third-order valence-corrected chi connectivity index (χ3v) is 5.52. The molecule has 3 rings (SSSR count). The number of carbonyl (C=O) groups excluding carboxylic acids is 1. The van der Waals surface area contributed by atoms with Gasteiger partial charge in [-0.15, -0.1) is 10.2 Å². The van der Waals surface area contributed by atoms with Gasteiger partial charge in [0.25, 0.3) is 0 Å². The molecule has 2 aliphatic rings. The molecule has 134 valence electrons. The number of fused-ring (bicyclic) bond motifs is 1. The molecule has 6 nitrogen and oxygen atoms in total. The monoisotopic (exact) mass is 333 g/mol. The summed E-state index contributed by atoms with van der Waals surface area (Å²) in [6.45, 7) is 13.0. The van der Waals surface area contributed by atoms with Gasteiger partial charge in [0, 0.05) is 24.5 Å². The molecule has 1 fully saturated rings. The van der Waals surface area contributed by atoms with E-state index < -0.39 is 0 Å². The van der Waals surface area contributed by atoms with Crippen molar-refractivity contribution < 1.29 is 4.79 Å². The van der Waals surface area contributed by atoms with Crippen LogP contribution in [0.3, 0.4) is 0 Å². The number of nitrogens with zero attached hydrogens (tertiary/aromatic N) is 4. The Hall–Kier alpha value is -1.59. The number of amides is 2. The topological polar surface area (TPSA) is 63.1 Å². The van der Waals surface area contributed by atoms with Crippen LogP contribution in [-0.4, -0.2) is 38.3 Å². The minimum Gasteiger partial charge on any atom is -0.335 e. The standard InChI is InChI=1S/C18H31N5O/c1-17(2,3)15-21-20-14-12-22(10-11-23(14)15)16(24)19-13-8-6-7-9-18(13,4)5/h13H,6-12H2,1-5H3,(H,19,24)/t13-/m0/s1. The van der Waals surface area contributed by atoms with E-state index in [0.717, 1.165) is 24.6 Å². The second-order valence-corrected chi connectivity index (χ2v) is 9.00. The summed E-state index contributed by atoms with van der Waals surface area (Å²) in [4.78, 5) is 14.6. The minimum atomic E-state index is -0.0260. The highest BCUT2D eigenvalue weighted by Crippen LogP contribution is 2.35. The van der Waals surface area contributed by atoms with Crippen molar-refractivity contribution in [2.24, 2.45) is 5.41 Å². The Labute approximate surface area is 145 Å². The third-order valence-electron chi connectivity index (χ3n) is 5.52. The van der Waals surface area contributed by atoms with Gasteiger partial charge in [0.05, 0.1) is 6.54 Å². The number of nitrogens with one attached hydrogen (secondary N) is 1. The highest BCUT2D eigenvalue weighted by atomic mass is 16.2. The molecule has 0 aromatic carbocycles. The maximum atomic E-state index is 12.7. The summed E-state index contributed by atoms with van der Waals surface area (Å²) >= 11 is 0. The molecule has 0 spiro atoms. The van der Waals surface area contributed by atoms with Crippen LogP contribution in [0, 0.1) is 5.41 Å². The van der Waals surface area contributed by atoms with E-state index in [1.807, 2.05) is 4.90 Å². The molecule has 1 saturated carbocycles. The highest BCUT2D eigenvalue weighted by molar-refractivity contribution is 5.74. The Morgan fingerprint density at radius 2 is 1.96 bits per heavy atom. The summed E-state index contributed by atoms with van der Waals surface area (Å²) in [6.07, 6.45) is 4.73. The van der Waals surface area contributed by atoms with Crippen LogP contribution in [0.1, 0.15) is 72.0 Å². The first-order chi connectivity index (χ1) is 11.2. The molecule has 0 bridgehead atoms. The molecule has 1 N–H and O–H groups in total. The second-order valence-electron chi connectivity index (χ2n) is 9.00. The molecule has 1 aromatic heterocycles. The van der Waals surface area contributed by atoms with Crippen LogP contribution in [-0.2, 0) is 18.5 Å². The lowest BCUT2D eigenvalue weighted by molar-refractivity contribution is 0.140. The van der Waals surface area contributed by atoms with E-state index in [2.05, 4.69) is 54.7 Å². The summed E-state index contributed by atoms with van der Waals surface area (Å²) < 4.78 is 2.17. The van der Waals surface area contributed by atoms with Crippen LogP contribution in [0.5, 0.6) is 0 Å². The van der Waals surface area contributed by atoms with Crippen molar-refractivity contribution in [2.45, 2.75) is 84.8 Å². The van der Waals surface area contributed by atoms with Gasteiger partial charge < -0.3 is 14.8 Å². The van der Waals surface area contributed by atoms with Crippen molar-refractivity contribution in [3.05, 3.63) is 11.6 Å². The van der Waals surface area contributed by atoms with Crippen molar-refractivity contribution in [1.29, 1.82) is 0 Å². The molecular formula is C18H31N5O. The van der Waals surface area contributed by atoms with Crippen molar-refractivity contribution >= 4 is 6.03 Å². The molecule has 2 amide bonds. The molecule has 1 atom stereocenters. The number of hydrogen-bond acceptors (Lipinski definition) is 3. The number of aromatic nitrogens is 3. The fourth-order valence-corrected chi connectivity index (χ4v) is 3.89. The van der Waals surface area contributed by atoms with Crippen LogP contribution >= 0.6 is 0 Å². The Balaban J connectivity index is 1.67. The molecule has 6 heteroatoms. The molecule has 0 radical (unpaired) electrons. The molecule has 0 unspecified atom stereocenters. The first-order valence-corrected chi connectivity index (χ1v) is 9.16. The van der Waals surface area contributed by atoms with E-state index >= 15 is 0 Å². The summed E-state index contributed by atoms with van der Waals surface area (Å²) in [7, 11) is 0. The van der Waals surface area contributed by atoms with Crippen molar-refractivity contribution in [3.63, 3.8) is 0 Å². The molecule has 24 heavy (non-hydrogen) atoms. The first-order valence-electron chi connectivity index (χ1n) is 9.16. The van der Waals surface area contributed by atoms with Crippen LogP contribution in [0.15, 0.2) is 0 Å². The molecule has 2 heterocycles. The fraction of sp³-hybridized carbons (Fsp3) is 0.833. The van der Waals surface area contributed by atoms with E-state index in [0.29, 0.717) is 13.1 Å². The van der Waals surface area contributed by atoms with Crippen LogP contribution < -0.4 is 5.32 Å². The van der Waals surface area contributed by atoms with Crippen molar-refractivity contribution in [1.82, 2.24) is 25.0 Å². The quantitative estimate of drug-likeness (QED) is 0.859. The second kappa shape index (κ2) is 6.05. The van der Waals surface area contributed by atoms with E-state index in [4.69, 9.17) is 0 Å². The minimum absolute atomic E-state index is 0.0260. The molecule has 1 aliphatic carbocycles. The lowest BCUT2D eigenvalue weighted by Crippen LogP contribution is -2.52. The molecule has 0 saturated heterocycles. The largest absolute Gasteiger partial charge is 0.335 e. The summed E-state index contributed by atoms with van der Waals surface area (Å²) in [5.41, 5.74) is 0.158. The molecular weight excluding hydrogens is 302 g/mol. The Bertz CT molecular complexity index is 613. The van der Waals surface area contributed by atoms with E-state index in [9.17, 15) is 4.79 Å². The SMILES string of the molecule is CC(C)(C)c1nnc2n1CCN(C(=O)N[C@H]1CCCCC1(C)C)C2. The van der Waals surface area contributed by atoms with Gasteiger partial charge in [-0.1, -0.05) is 47.5 Å². The zero-order valence-corrected chi connectivity index (χ0v) is 15.7. The van der Waals surface area contributed by atoms with Gasteiger partial charge in [-0.25, -0.2) is 4.79 Å². The smallest absolute Gasteiger partial charge is 0.318 e. The molecule has 1 aliphatic heterocycles. The molecule has 1 aromatic rings. The summed E-state index contributed by atoms with van der Waals surface area (Å²) in [6, 6.07) is 0.310. The Morgan fingerprint density at radius 1 is 1.21 bits per heavy atom. The maximum Gasteiger partial charge on any atom is 0.318 e. The van der Waals surface area contributed by atoms with Crippen LogP contribution in [0.25, 0.3) is 0 Å². The maximum absolute atomic E-state index is 12.7. The van der Waals surface area contributed by atoms with Crippen LogP contribution in [0.4, 0.5) is 4.79 Å². The first kappa shape index (κ1) is 17.2. The van der Waals surface area contributed by atoms with Gasteiger partial charge in [-0.05, 0) is 18.3 Å². The predicted molar refractivity (Wildman–Crippen MR) is 93.7 cm³/mol. The Morgan fingerprint density at radius 3 is 2.62 bits per heavy atom. The van der Waals surface area contributed by atoms with Gasteiger partial charge in [0.1, 0.15) is 5.82 Å². The van der Waals surface area contributed by atoms with E-state index in [-0.39, 0.29) is 22.9 Å². The van der Waals surface area contributed by atoms with Gasteiger partial charge in [-0.2, -0.15) is 0 Å².